The molecule has 0 spiro atoms. The van der Waals surface area contributed by atoms with E-state index in [0.717, 1.165) is 0 Å². The first-order chi connectivity index (χ1) is 9.17. The highest BCUT2D eigenvalue weighted by atomic mass is 19.1. The number of hydrogen-bond donors (Lipinski definition) is 1. The summed E-state index contributed by atoms with van der Waals surface area (Å²) >= 11 is 0. The molecule has 5 nitrogen and oxygen atoms in total. The third kappa shape index (κ3) is 1.97. The van der Waals surface area contributed by atoms with Gasteiger partial charge in [0, 0.05) is 6.07 Å². The molecule has 19 heavy (non-hydrogen) atoms. The van der Waals surface area contributed by atoms with E-state index in [0.29, 0.717) is 28.2 Å². The van der Waals surface area contributed by atoms with Crippen LogP contribution < -0.4 is 10.5 Å². The van der Waals surface area contributed by atoms with Gasteiger partial charge in [-0.2, -0.15) is 4.80 Å². The first kappa shape index (κ1) is 11.5. The van der Waals surface area contributed by atoms with Crippen LogP contribution in [-0.4, -0.2) is 22.1 Å². The number of benzene rings is 2. The topological polar surface area (TPSA) is 66.0 Å². The predicted molar refractivity (Wildman–Crippen MR) is 69.8 cm³/mol. The molecular formula is C13H11FN4O. The summed E-state index contributed by atoms with van der Waals surface area (Å²) in [6.07, 6.45) is 0. The van der Waals surface area contributed by atoms with E-state index in [9.17, 15) is 4.39 Å². The Bertz CT molecular complexity index is 736. The van der Waals surface area contributed by atoms with Crippen molar-refractivity contribution in [3.8, 4) is 11.4 Å². The maximum absolute atomic E-state index is 12.9. The van der Waals surface area contributed by atoms with Crippen LogP contribution in [0.4, 0.5) is 10.1 Å². The second-order valence-corrected chi connectivity index (χ2v) is 4.05. The number of nitrogens with zero attached hydrogens (tertiary/aromatic N) is 3. The third-order valence-electron chi connectivity index (χ3n) is 2.79. The normalized spacial score (nSPS) is 10.8. The zero-order valence-electron chi connectivity index (χ0n) is 10.2. The summed E-state index contributed by atoms with van der Waals surface area (Å²) in [6.45, 7) is 0. The number of nitrogen functional groups attached to an aromatic ring is 1. The Kier molecular flexibility index (Phi) is 2.56. The van der Waals surface area contributed by atoms with Crippen molar-refractivity contribution in [1.82, 2.24) is 15.0 Å². The van der Waals surface area contributed by atoms with Gasteiger partial charge >= 0.3 is 0 Å². The Labute approximate surface area is 108 Å². The van der Waals surface area contributed by atoms with Crippen LogP contribution in [0.25, 0.3) is 16.7 Å². The molecule has 0 saturated heterocycles. The first-order valence-corrected chi connectivity index (χ1v) is 5.64. The van der Waals surface area contributed by atoms with E-state index in [4.69, 9.17) is 10.5 Å². The van der Waals surface area contributed by atoms with E-state index in [1.807, 2.05) is 0 Å². The lowest BCUT2D eigenvalue weighted by Gasteiger charge is -2.01. The molecule has 0 unspecified atom stereocenters. The van der Waals surface area contributed by atoms with E-state index in [1.165, 1.54) is 16.9 Å². The van der Waals surface area contributed by atoms with Crippen molar-refractivity contribution in [2.75, 3.05) is 12.8 Å². The van der Waals surface area contributed by atoms with Crippen molar-refractivity contribution < 1.29 is 9.13 Å². The predicted octanol–water partition coefficient (Wildman–Crippen LogP) is 2.15. The van der Waals surface area contributed by atoms with Crippen LogP contribution in [0.1, 0.15) is 0 Å². The van der Waals surface area contributed by atoms with Crippen molar-refractivity contribution in [3.05, 3.63) is 42.2 Å². The molecule has 6 heteroatoms. The second kappa shape index (κ2) is 4.24. The summed E-state index contributed by atoms with van der Waals surface area (Å²) in [5.74, 6) is 0.255. The largest absolute Gasteiger partial charge is 0.495 e. The van der Waals surface area contributed by atoms with E-state index < -0.39 is 0 Å². The zero-order chi connectivity index (χ0) is 13.4. The van der Waals surface area contributed by atoms with Crippen molar-refractivity contribution in [3.63, 3.8) is 0 Å². The molecule has 1 heterocycles. The van der Waals surface area contributed by atoms with Gasteiger partial charge in [0.2, 0.25) is 0 Å². The molecule has 96 valence electrons. The minimum absolute atomic E-state index is 0.300. The van der Waals surface area contributed by atoms with Gasteiger partial charge in [-0.25, -0.2) is 4.39 Å². The number of rotatable bonds is 2. The first-order valence-electron chi connectivity index (χ1n) is 5.64. The lowest BCUT2D eigenvalue weighted by molar-refractivity contribution is 0.417. The van der Waals surface area contributed by atoms with Crippen molar-refractivity contribution in [2.45, 2.75) is 0 Å². The molecule has 0 fully saturated rings. The van der Waals surface area contributed by atoms with Gasteiger partial charge < -0.3 is 10.5 Å². The number of ether oxygens (including phenoxy) is 1. The van der Waals surface area contributed by atoms with Gasteiger partial charge in [-0.15, -0.1) is 10.2 Å². The Morgan fingerprint density at radius 2 is 1.74 bits per heavy atom. The average Bonchev–Trinajstić information content (AvgIpc) is 2.81. The molecule has 0 atom stereocenters. The van der Waals surface area contributed by atoms with Gasteiger partial charge in [0.25, 0.3) is 0 Å². The molecule has 1 aromatic heterocycles. The van der Waals surface area contributed by atoms with Gasteiger partial charge in [0.05, 0.1) is 18.5 Å². The minimum Gasteiger partial charge on any atom is -0.495 e. The van der Waals surface area contributed by atoms with Crippen LogP contribution in [0.15, 0.2) is 36.4 Å². The molecule has 0 aliphatic rings. The fraction of sp³-hybridized carbons (Fsp3) is 0.0769. The van der Waals surface area contributed by atoms with Crippen LogP contribution in [0.5, 0.6) is 5.75 Å². The van der Waals surface area contributed by atoms with Gasteiger partial charge in [-0.05, 0) is 30.3 Å². The minimum atomic E-state index is -0.300. The summed E-state index contributed by atoms with van der Waals surface area (Å²) in [5.41, 5.74) is 8.31. The molecule has 3 rings (SSSR count). The summed E-state index contributed by atoms with van der Waals surface area (Å²) in [4.78, 5) is 1.43. The molecule has 3 aromatic rings. The van der Waals surface area contributed by atoms with E-state index >= 15 is 0 Å². The van der Waals surface area contributed by atoms with Crippen molar-refractivity contribution in [1.29, 1.82) is 0 Å². The molecule has 0 aliphatic carbocycles. The van der Waals surface area contributed by atoms with Crippen molar-refractivity contribution >= 4 is 16.7 Å². The molecule has 0 radical (unpaired) electrons. The second-order valence-electron chi connectivity index (χ2n) is 4.05. The SMILES string of the molecule is COc1cc2nn(-c3ccc(F)cc3)nc2cc1N. The number of anilines is 1. The molecule has 2 N–H and O–H groups in total. The Hall–Kier alpha value is -2.63. The molecule has 0 saturated carbocycles. The quantitative estimate of drug-likeness (QED) is 0.715. The highest BCUT2D eigenvalue weighted by Gasteiger charge is 2.09. The van der Waals surface area contributed by atoms with Crippen LogP contribution in [0.3, 0.4) is 0 Å². The fourth-order valence-corrected chi connectivity index (χ4v) is 1.83. The number of aromatic nitrogens is 3. The van der Waals surface area contributed by atoms with Crippen LogP contribution in [0, 0.1) is 5.82 Å². The van der Waals surface area contributed by atoms with Gasteiger partial charge in [0.1, 0.15) is 22.6 Å². The van der Waals surface area contributed by atoms with Gasteiger partial charge in [0.15, 0.2) is 0 Å². The molecular weight excluding hydrogens is 247 g/mol. The smallest absolute Gasteiger partial charge is 0.144 e. The Morgan fingerprint density at radius 1 is 1.11 bits per heavy atom. The Morgan fingerprint density at radius 3 is 2.37 bits per heavy atom. The summed E-state index contributed by atoms with van der Waals surface area (Å²) in [5, 5.41) is 8.61. The molecule has 0 aliphatic heterocycles. The third-order valence-corrected chi connectivity index (χ3v) is 2.79. The summed E-state index contributed by atoms with van der Waals surface area (Å²) in [6, 6.07) is 9.35. The summed E-state index contributed by atoms with van der Waals surface area (Å²) in [7, 11) is 1.54. The maximum Gasteiger partial charge on any atom is 0.144 e. The molecule has 2 aromatic carbocycles. The zero-order valence-corrected chi connectivity index (χ0v) is 10.2. The number of nitrogens with two attached hydrogens (primary N) is 1. The highest BCUT2D eigenvalue weighted by Crippen LogP contribution is 2.26. The van der Waals surface area contributed by atoms with E-state index in [2.05, 4.69) is 10.2 Å². The van der Waals surface area contributed by atoms with Crippen LogP contribution >= 0.6 is 0 Å². The standard InChI is InChI=1S/C13H11FN4O/c1-19-13-7-12-11(6-10(13)15)16-18(17-12)9-4-2-8(14)3-5-9/h2-7H,15H2,1H3. The number of fused-ring (bicyclic) bond motifs is 1. The average molecular weight is 258 g/mol. The highest BCUT2D eigenvalue weighted by molar-refractivity contribution is 5.81. The van der Waals surface area contributed by atoms with Gasteiger partial charge in [-0.1, -0.05) is 0 Å². The number of methoxy groups -OCH3 is 1. The molecule has 0 bridgehead atoms. The Balaban J connectivity index is 2.13. The van der Waals surface area contributed by atoms with E-state index in [-0.39, 0.29) is 5.82 Å². The lowest BCUT2D eigenvalue weighted by Crippen LogP contribution is -1.97. The summed E-state index contributed by atoms with van der Waals surface area (Å²) < 4.78 is 18.0. The van der Waals surface area contributed by atoms with Gasteiger partial charge in [-0.3, -0.25) is 0 Å². The monoisotopic (exact) mass is 258 g/mol. The maximum atomic E-state index is 12.9. The molecule has 0 amide bonds. The number of hydrogen-bond acceptors (Lipinski definition) is 4. The number of halogens is 1. The van der Waals surface area contributed by atoms with Crippen LogP contribution in [0.2, 0.25) is 0 Å². The lowest BCUT2D eigenvalue weighted by atomic mass is 10.2. The fourth-order valence-electron chi connectivity index (χ4n) is 1.83. The van der Waals surface area contributed by atoms with Crippen molar-refractivity contribution in [2.24, 2.45) is 0 Å². The van der Waals surface area contributed by atoms with Crippen LogP contribution in [-0.2, 0) is 0 Å². The van der Waals surface area contributed by atoms with E-state index in [1.54, 1.807) is 31.4 Å².